The van der Waals surface area contributed by atoms with Crippen molar-refractivity contribution < 1.29 is 19.1 Å². The topological polar surface area (TPSA) is 52.6 Å². The third-order valence-corrected chi connectivity index (χ3v) is 4.60. The number of hydrogen-bond donors (Lipinski definition) is 0. The average molecular weight is 369 g/mol. The van der Waals surface area contributed by atoms with Crippen molar-refractivity contribution in [2.75, 3.05) is 20.0 Å². The van der Waals surface area contributed by atoms with Gasteiger partial charge in [-0.3, -0.25) is 9.59 Å². The van der Waals surface area contributed by atoms with Gasteiger partial charge in [-0.25, -0.2) is 0 Å². The van der Waals surface area contributed by atoms with Crippen LogP contribution in [0.15, 0.2) is 29.2 Å². The second-order valence-corrected chi connectivity index (χ2v) is 7.33. The highest BCUT2D eigenvalue weighted by atomic mass is 32.2. The van der Waals surface area contributed by atoms with Gasteiger partial charge in [-0.15, -0.1) is 11.8 Å². The van der Waals surface area contributed by atoms with E-state index in [0.29, 0.717) is 12.8 Å². The number of carbonyl (C=O) groups is 2. The second-order valence-electron chi connectivity index (χ2n) is 6.17. The molecule has 0 fully saturated rings. The molecule has 1 aromatic rings. The summed E-state index contributed by atoms with van der Waals surface area (Å²) in [6.45, 7) is 7.14. The van der Waals surface area contributed by atoms with Crippen LogP contribution in [-0.2, 0) is 19.1 Å². The van der Waals surface area contributed by atoms with Gasteiger partial charge in [0, 0.05) is 37.7 Å². The van der Waals surface area contributed by atoms with Crippen LogP contribution < -0.4 is 0 Å². The number of ether oxygens (including phenoxy) is 2. The van der Waals surface area contributed by atoms with E-state index in [2.05, 4.69) is 31.2 Å². The van der Waals surface area contributed by atoms with Crippen molar-refractivity contribution in [2.45, 2.75) is 64.1 Å². The Balaban J connectivity index is 0.000000609. The normalized spacial score (nSPS) is 12.7. The molecule has 0 aliphatic heterocycles. The van der Waals surface area contributed by atoms with Crippen LogP contribution in [0.1, 0.15) is 45.6 Å². The minimum absolute atomic E-state index is 0.0606. The summed E-state index contributed by atoms with van der Waals surface area (Å²) in [5.41, 5.74) is 1.28. The van der Waals surface area contributed by atoms with Gasteiger partial charge in [-0.2, -0.15) is 0 Å². The predicted octanol–water partition coefficient (Wildman–Crippen LogP) is 4.47. The molecule has 0 heterocycles. The zero-order valence-corrected chi connectivity index (χ0v) is 17.2. The summed E-state index contributed by atoms with van der Waals surface area (Å²) in [4.78, 5) is 22.6. The number of Topliss-reactive ketones (excluding diaryl/α,β-unsaturated/α-hetero) is 2. The Morgan fingerprint density at radius 2 is 1.56 bits per heavy atom. The Morgan fingerprint density at radius 3 is 1.96 bits per heavy atom. The van der Waals surface area contributed by atoms with E-state index in [4.69, 9.17) is 9.47 Å². The van der Waals surface area contributed by atoms with Gasteiger partial charge in [0.2, 0.25) is 0 Å². The Morgan fingerprint density at radius 1 is 1.00 bits per heavy atom. The molecule has 0 radical (unpaired) electrons. The Bertz CT molecular complexity index is 499. The average Bonchev–Trinajstić information content (AvgIpc) is 2.55. The van der Waals surface area contributed by atoms with Crippen LogP contribution in [0.25, 0.3) is 0 Å². The van der Waals surface area contributed by atoms with E-state index in [1.807, 2.05) is 18.7 Å². The molecule has 5 heteroatoms. The van der Waals surface area contributed by atoms with Crippen LogP contribution in [0.4, 0.5) is 0 Å². The molecule has 4 nitrogen and oxygen atoms in total. The molecule has 0 spiro atoms. The van der Waals surface area contributed by atoms with E-state index in [1.54, 1.807) is 28.1 Å². The summed E-state index contributed by atoms with van der Waals surface area (Å²) in [6, 6.07) is 8.50. The minimum Gasteiger partial charge on any atom is -0.381 e. The molecule has 0 aliphatic carbocycles. The zero-order valence-electron chi connectivity index (χ0n) is 16.3. The maximum atomic E-state index is 11.0. The van der Waals surface area contributed by atoms with E-state index >= 15 is 0 Å². The molecule has 0 amide bonds. The van der Waals surface area contributed by atoms with Gasteiger partial charge in [0.1, 0.15) is 11.6 Å². The first-order chi connectivity index (χ1) is 11.8. The Kier molecular flexibility index (Phi) is 13.4. The summed E-state index contributed by atoms with van der Waals surface area (Å²) < 4.78 is 10.1. The Labute approximate surface area is 156 Å². The number of hydrogen-bond acceptors (Lipinski definition) is 5. The lowest BCUT2D eigenvalue weighted by atomic mass is 10.1. The van der Waals surface area contributed by atoms with E-state index in [1.165, 1.54) is 10.5 Å². The van der Waals surface area contributed by atoms with Crippen molar-refractivity contribution in [1.82, 2.24) is 0 Å². The van der Waals surface area contributed by atoms with E-state index in [-0.39, 0.29) is 23.8 Å². The minimum atomic E-state index is 0.0606. The molecule has 1 rings (SSSR count). The first kappa shape index (κ1) is 23.8. The van der Waals surface area contributed by atoms with Gasteiger partial charge in [0.25, 0.3) is 0 Å². The van der Waals surface area contributed by atoms with Crippen molar-refractivity contribution in [3.8, 4) is 0 Å². The molecular formula is C20H32O4S. The van der Waals surface area contributed by atoms with Crippen LogP contribution in [0.2, 0.25) is 0 Å². The van der Waals surface area contributed by atoms with E-state index in [9.17, 15) is 9.59 Å². The quantitative estimate of drug-likeness (QED) is 0.570. The smallest absolute Gasteiger partial charge is 0.132 e. The molecule has 0 N–H and O–H groups in total. The number of methoxy groups -OCH3 is 2. The molecule has 0 aliphatic rings. The monoisotopic (exact) mass is 368 g/mol. The largest absolute Gasteiger partial charge is 0.381 e. The van der Waals surface area contributed by atoms with Gasteiger partial charge in [-0.1, -0.05) is 17.7 Å². The fourth-order valence-electron chi connectivity index (χ4n) is 2.05. The molecule has 2 unspecified atom stereocenters. The molecule has 2 atom stereocenters. The number of ketones is 2. The zero-order chi connectivity index (χ0) is 19.2. The number of rotatable bonds is 10. The lowest BCUT2D eigenvalue weighted by Gasteiger charge is -2.13. The Hall–Kier alpha value is -1.17. The summed E-state index contributed by atoms with van der Waals surface area (Å²) in [7, 11) is 3.28. The first-order valence-electron chi connectivity index (χ1n) is 8.52. The van der Waals surface area contributed by atoms with Gasteiger partial charge in [0.15, 0.2) is 0 Å². The number of aryl methyl sites for hydroxylation is 1. The molecule has 0 aromatic heterocycles. The third kappa shape index (κ3) is 13.8. The summed E-state index contributed by atoms with van der Waals surface area (Å²) in [5, 5.41) is 0. The van der Waals surface area contributed by atoms with Crippen molar-refractivity contribution in [1.29, 1.82) is 0 Å². The van der Waals surface area contributed by atoms with Crippen LogP contribution in [0.3, 0.4) is 0 Å². The lowest BCUT2D eigenvalue weighted by molar-refractivity contribution is -0.120. The van der Waals surface area contributed by atoms with E-state index < -0.39 is 0 Å². The van der Waals surface area contributed by atoms with Crippen LogP contribution in [0, 0.1) is 6.92 Å². The molecule has 142 valence electrons. The maximum absolute atomic E-state index is 11.0. The molecule has 0 saturated heterocycles. The van der Waals surface area contributed by atoms with Gasteiger partial charge >= 0.3 is 0 Å². The molecule has 0 bridgehead atoms. The van der Waals surface area contributed by atoms with Crippen molar-refractivity contribution >= 4 is 23.3 Å². The summed E-state index contributed by atoms with van der Waals surface area (Å²) in [5.74, 6) is 1.35. The predicted molar refractivity (Wildman–Crippen MR) is 104 cm³/mol. The highest BCUT2D eigenvalue weighted by Gasteiger charge is 2.09. The van der Waals surface area contributed by atoms with Crippen molar-refractivity contribution in [3.05, 3.63) is 29.8 Å². The molecule has 1 aromatic carbocycles. The molecular weight excluding hydrogens is 336 g/mol. The standard InChI is InChI=1S/C14H20O2S.C6H12O2/c1-11-4-6-14(7-5-11)17-9-8-13(16-3)10-12(2)15;1-5(7)4-6(2)8-3/h4-7,13H,8-10H2,1-3H3;6H,4H2,1-3H3. The van der Waals surface area contributed by atoms with Gasteiger partial charge in [0.05, 0.1) is 12.2 Å². The van der Waals surface area contributed by atoms with Gasteiger partial charge in [-0.05, 0) is 46.2 Å². The van der Waals surface area contributed by atoms with Crippen LogP contribution in [0.5, 0.6) is 0 Å². The third-order valence-electron chi connectivity index (χ3n) is 3.56. The van der Waals surface area contributed by atoms with Gasteiger partial charge < -0.3 is 9.47 Å². The van der Waals surface area contributed by atoms with Crippen LogP contribution in [-0.4, -0.2) is 43.7 Å². The summed E-state index contributed by atoms with van der Waals surface area (Å²) in [6.07, 6.45) is 2.09. The number of thioether (sulfide) groups is 1. The van der Waals surface area contributed by atoms with Crippen molar-refractivity contribution in [2.24, 2.45) is 0 Å². The lowest BCUT2D eigenvalue weighted by Crippen LogP contribution is -2.15. The number of carbonyl (C=O) groups excluding carboxylic acids is 2. The second kappa shape index (κ2) is 14.0. The SMILES string of the molecule is COC(C)CC(C)=O.COC(CCSc1ccc(C)cc1)CC(C)=O. The fraction of sp³-hybridized carbons (Fsp3) is 0.600. The maximum Gasteiger partial charge on any atom is 0.132 e. The highest BCUT2D eigenvalue weighted by molar-refractivity contribution is 7.99. The molecule has 25 heavy (non-hydrogen) atoms. The highest BCUT2D eigenvalue weighted by Crippen LogP contribution is 2.20. The van der Waals surface area contributed by atoms with Crippen molar-refractivity contribution in [3.63, 3.8) is 0 Å². The number of benzene rings is 1. The molecule has 0 saturated carbocycles. The fourth-order valence-corrected chi connectivity index (χ4v) is 3.00. The van der Waals surface area contributed by atoms with Crippen LogP contribution >= 0.6 is 11.8 Å². The first-order valence-corrected chi connectivity index (χ1v) is 9.51. The van der Waals surface area contributed by atoms with E-state index in [0.717, 1.165) is 12.2 Å². The summed E-state index contributed by atoms with van der Waals surface area (Å²) >= 11 is 1.81.